The van der Waals surface area contributed by atoms with Gasteiger partial charge in [-0.3, -0.25) is 4.79 Å². The van der Waals surface area contributed by atoms with E-state index in [0.717, 1.165) is 0 Å². The van der Waals surface area contributed by atoms with Crippen LogP contribution in [0.1, 0.15) is 23.0 Å². The van der Waals surface area contributed by atoms with Crippen molar-refractivity contribution < 1.29 is 23.8 Å². The molecule has 1 atom stereocenters. The van der Waals surface area contributed by atoms with Gasteiger partial charge >= 0.3 is 5.97 Å². The molecule has 0 aliphatic carbocycles. The van der Waals surface area contributed by atoms with Crippen molar-refractivity contribution in [3.63, 3.8) is 0 Å². The summed E-state index contributed by atoms with van der Waals surface area (Å²) in [5.74, 6) is -1.71. The number of amides is 1. The maximum Gasteiger partial charge on any atom is 0.334 e. The summed E-state index contributed by atoms with van der Waals surface area (Å²) in [4.78, 5) is 25.4. The van der Waals surface area contributed by atoms with Crippen molar-refractivity contribution >= 4 is 11.9 Å². The fraction of sp³-hybridized carbons (Fsp3) is 0.353. The molecule has 1 aromatic carbocycles. The van der Waals surface area contributed by atoms with Crippen LogP contribution in [0.4, 0.5) is 4.39 Å². The van der Waals surface area contributed by atoms with Gasteiger partial charge in [-0.2, -0.15) is 5.10 Å². The molecule has 0 radical (unpaired) electrons. The van der Waals surface area contributed by atoms with Crippen LogP contribution < -0.4 is 0 Å². The van der Waals surface area contributed by atoms with Crippen LogP contribution in [0.15, 0.2) is 30.5 Å². The fourth-order valence-corrected chi connectivity index (χ4v) is 2.85. The first kappa shape index (κ1) is 17.1. The van der Waals surface area contributed by atoms with E-state index in [1.54, 1.807) is 16.8 Å². The number of carboxylic acid groups (broad SMARTS) is 1. The zero-order chi connectivity index (χ0) is 18.0. The number of ether oxygens (including phenoxy) is 1. The molecule has 1 aliphatic heterocycles. The Hall–Kier alpha value is -2.74. The highest BCUT2D eigenvalue weighted by Crippen LogP contribution is 2.19. The Morgan fingerprint density at radius 2 is 2.08 bits per heavy atom. The van der Waals surface area contributed by atoms with E-state index in [1.807, 2.05) is 6.92 Å². The van der Waals surface area contributed by atoms with Gasteiger partial charge in [0.25, 0.3) is 5.91 Å². The number of halogens is 1. The van der Waals surface area contributed by atoms with Gasteiger partial charge in [0.05, 0.1) is 36.3 Å². The zero-order valence-electron chi connectivity index (χ0n) is 13.7. The van der Waals surface area contributed by atoms with E-state index in [0.29, 0.717) is 29.9 Å². The lowest BCUT2D eigenvalue weighted by Gasteiger charge is -2.30. The van der Waals surface area contributed by atoms with Gasteiger partial charge in [-0.1, -0.05) is 6.92 Å². The quantitative estimate of drug-likeness (QED) is 0.906. The summed E-state index contributed by atoms with van der Waals surface area (Å²) in [6.45, 7) is 2.40. The first-order valence-electron chi connectivity index (χ1n) is 7.97. The highest BCUT2D eigenvalue weighted by Gasteiger charge is 2.31. The van der Waals surface area contributed by atoms with Crippen LogP contribution in [0.25, 0.3) is 5.69 Å². The zero-order valence-corrected chi connectivity index (χ0v) is 13.7. The second-order valence-corrected chi connectivity index (χ2v) is 5.70. The first-order chi connectivity index (χ1) is 12.0. The third kappa shape index (κ3) is 3.39. The molecular weight excluding hydrogens is 329 g/mol. The molecule has 8 heteroatoms. The molecule has 7 nitrogen and oxygen atoms in total. The molecular formula is C17H18FN3O4. The summed E-state index contributed by atoms with van der Waals surface area (Å²) in [5, 5.41) is 13.3. The van der Waals surface area contributed by atoms with Gasteiger partial charge in [-0.15, -0.1) is 0 Å². The summed E-state index contributed by atoms with van der Waals surface area (Å²) in [5.41, 5.74) is 1.76. The highest BCUT2D eigenvalue weighted by atomic mass is 19.1. The van der Waals surface area contributed by atoms with E-state index in [1.165, 1.54) is 23.2 Å². The lowest BCUT2D eigenvalue weighted by atomic mass is 10.1. The molecule has 0 unspecified atom stereocenters. The molecule has 0 spiro atoms. The first-order valence-corrected chi connectivity index (χ1v) is 7.97. The smallest absolute Gasteiger partial charge is 0.334 e. The number of morpholine rings is 1. The Balaban J connectivity index is 1.88. The number of hydrogen-bond donors (Lipinski definition) is 1. The largest absolute Gasteiger partial charge is 0.479 e. The summed E-state index contributed by atoms with van der Waals surface area (Å²) < 4.78 is 19.9. The lowest BCUT2D eigenvalue weighted by Crippen LogP contribution is -2.48. The molecule has 1 aromatic heterocycles. The maximum atomic E-state index is 13.1. The monoisotopic (exact) mass is 347 g/mol. The third-order valence-corrected chi connectivity index (χ3v) is 4.13. The molecule has 1 fully saturated rings. The number of aliphatic carboxylic acids is 1. The van der Waals surface area contributed by atoms with Crippen LogP contribution in [0.3, 0.4) is 0 Å². The van der Waals surface area contributed by atoms with E-state index in [9.17, 15) is 14.0 Å². The highest BCUT2D eigenvalue weighted by molar-refractivity contribution is 5.95. The molecule has 132 valence electrons. The fourth-order valence-electron chi connectivity index (χ4n) is 2.85. The Bertz CT molecular complexity index is 788. The summed E-state index contributed by atoms with van der Waals surface area (Å²) in [6.07, 6.45) is 0.996. The van der Waals surface area contributed by atoms with E-state index >= 15 is 0 Å². The van der Waals surface area contributed by atoms with Gasteiger partial charge in [0.2, 0.25) is 0 Å². The number of carbonyl (C=O) groups is 2. The number of carboxylic acids is 1. The topological polar surface area (TPSA) is 84.7 Å². The summed E-state index contributed by atoms with van der Waals surface area (Å²) >= 11 is 0. The predicted molar refractivity (Wildman–Crippen MR) is 86.2 cm³/mol. The molecule has 2 heterocycles. The Labute approximate surface area is 143 Å². The number of carbonyl (C=O) groups excluding carboxylic acids is 1. The average molecular weight is 347 g/mol. The molecule has 1 aliphatic rings. The molecule has 1 N–H and O–H groups in total. The number of nitrogens with zero attached hydrogens (tertiary/aromatic N) is 3. The van der Waals surface area contributed by atoms with Crippen LogP contribution in [-0.4, -0.2) is 57.5 Å². The van der Waals surface area contributed by atoms with E-state index < -0.39 is 12.1 Å². The van der Waals surface area contributed by atoms with Crippen molar-refractivity contribution in [2.45, 2.75) is 19.4 Å². The van der Waals surface area contributed by atoms with E-state index in [2.05, 4.69) is 5.10 Å². The van der Waals surface area contributed by atoms with Gasteiger partial charge in [0.15, 0.2) is 6.10 Å². The second-order valence-electron chi connectivity index (χ2n) is 5.70. The normalized spacial score (nSPS) is 17.5. The molecule has 25 heavy (non-hydrogen) atoms. The standard InChI is InChI=1S/C17H18FN3O4/c1-2-14-13(9-19-21(14)12-5-3-11(18)4-6-12)16(22)20-7-8-25-15(10-20)17(23)24/h3-6,9,15H,2,7-8,10H2,1H3,(H,23,24)/t15-/m0/s1. The van der Waals surface area contributed by atoms with Crippen LogP contribution in [0, 0.1) is 5.82 Å². The Morgan fingerprint density at radius 1 is 1.36 bits per heavy atom. The molecule has 1 saturated heterocycles. The van der Waals surface area contributed by atoms with Crippen molar-refractivity contribution in [3.8, 4) is 5.69 Å². The van der Waals surface area contributed by atoms with Crippen LogP contribution >= 0.6 is 0 Å². The average Bonchev–Trinajstić information content (AvgIpc) is 3.05. The summed E-state index contributed by atoms with van der Waals surface area (Å²) in [6, 6.07) is 5.84. The summed E-state index contributed by atoms with van der Waals surface area (Å²) in [7, 11) is 0. The van der Waals surface area contributed by atoms with Crippen molar-refractivity contribution in [1.82, 2.24) is 14.7 Å². The number of rotatable bonds is 4. The van der Waals surface area contributed by atoms with Crippen LogP contribution in [0.5, 0.6) is 0 Å². The number of hydrogen-bond acceptors (Lipinski definition) is 4. The van der Waals surface area contributed by atoms with Gasteiger partial charge in [0, 0.05) is 6.54 Å². The van der Waals surface area contributed by atoms with Gasteiger partial charge in [-0.05, 0) is 30.7 Å². The molecule has 2 aromatic rings. The Morgan fingerprint density at radius 3 is 2.72 bits per heavy atom. The molecule has 0 saturated carbocycles. The lowest BCUT2D eigenvalue weighted by molar-refractivity contribution is -0.154. The van der Waals surface area contributed by atoms with Gasteiger partial charge in [0.1, 0.15) is 5.82 Å². The maximum absolute atomic E-state index is 13.1. The molecule has 1 amide bonds. The second kappa shape index (κ2) is 7.02. The van der Waals surface area contributed by atoms with E-state index in [-0.39, 0.29) is 24.9 Å². The third-order valence-electron chi connectivity index (χ3n) is 4.13. The minimum atomic E-state index is -1.09. The molecule has 0 bridgehead atoms. The number of aromatic nitrogens is 2. The van der Waals surface area contributed by atoms with Gasteiger partial charge < -0.3 is 14.7 Å². The van der Waals surface area contributed by atoms with Crippen LogP contribution in [0.2, 0.25) is 0 Å². The molecule has 3 rings (SSSR count). The van der Waals surface area contributed by atoms with Gasteiger partial charge in [-0.25, -0.2) is 13.9 Å². The number of benzene rings is 1. The minimum Gasteiger partial charge on any atom is -0.479 e. The van der Waals surface area contributed by atoms with Crippen molar-refractivity contribution in [3.05, 3.63) is 47.5 Å². The Kier molecular flexibility index (Phi) is 4.80. The predicted octanol–water partition coefficient (Wildman–Crippen LogP) is 1.50. The van der Waals surface area contributed by atoms with Crippen molar-refractivity contribution in [2.24, 2.45) is 0 Å². The SMILES string of the molecule is CCc1c(C(=O)N2CCO[C@H](C(=O)O)C2)cnn1-c1ccc(F)cc1. The van der Waals surface area contributed by atoms with Crippen molar-refractivity contribution in [1.29, 1.82) is 0 Å². The van der Waals surface area contributed by atoms with Crippen LogP contribution in [-0.2, 0) is 16.0 Å². The minimum absolute atomic E-state index is 0.000943. The van der Waals surface area contributed by atoms with Crippen molar-refractivity contribution in [2.75, 3.05) is 19.7 Å². The van der Waals surface area contributed by atoms with E-state index in [4.69, 9.17) is 9.84 Å².